The average Bonchev–Trinajstić information content (AvgIpc) is 2.66. The molecule has 0 aliphatic rings. The van der Waals surface area contributed by atoms with Crippen molar-refractivity contribution >= 4 is 11.0 Å². The van der Waals surface area contributed by atoms with E-state index in [1.807, 2.05) is 24.3 Å². The molecule has 2 aromatic rings. The van der Waals surface area contributed by atoms with Crippen molar-refractivity contribution in [3.63, 3.8) is 0 Å². The molecule has 1 aromatic carbocycles. The zero-order valence-electron chi connectivity index (χ0n) is 11.7. The third-order valence-corrected chi connectivity index (χ3v) is 3.02. The summed E-state index contributed by atoms with van der Waals surface area (Å²) in [5.74, 6) is 0. The Kier molecular flexibility index (Phi) is 3.34. The molecular weight excluding hydrogens is 244 g/mol. The van der Waals surface area contributed by atoms with Crippen molar-refractivity contribution in [3.8, 4) is 0 Å². The van der Waals surface area contributed by atoms with Crippen LogP contribution in [0.1, 0.15) is 27.7 Å². The van der Waals surface area contributed by atoms with Crippen molar-refractivity contribution in [1.82, 2.24) is 19.9 Å². The third-order valence-electron chi connectivity index (χ3n) is 3.02. The lowest BCUT2D eigenvalue weighted by Gasteiger charge is -2.42. The van der Waals surface area contributed by atoms with E-state index in [-0.39, 0.29) is 6.67 Å². The second kappa shape index (κ2) is 4.56. The fourth-order valence-electron chi connectivity index (χ4n) is 2.17. The van der Waals surface area contributed by atoms with Crippen molar-refractivity contribution in [2.75, 3.05) is 0 Å². The summed E-state index contributed by atoms with van der Waals surface area (Å²) in [5, 5.41) is 28.5. The molecule has 19 heavy (non-hydrogen) atoms. The minimum atomic E-state index is -1.18. The summed E-state index contributed by atoms with van der Waals surface area (Å²) in [6.45, 7) is 6.76. The van der Waals surface area contributed by atoms with E-state index in [2.05, 4.69) is 10.3 Å². The average molecular weight is 264 g/mol. The number of benzene rings is 1. The second-order valence-electron chi connectivity index (χ2n) is 5.64. The maximum absolute atomic E-state index is 10.2. The van der Waals surface area contributed by atoms with E-state index >= 15 is 0 Å². The number of nitrogens with zero attached hydrogens (tertiary/aromatic N) is 4. The van der Waals surface area contributed by atoms with Crippen LogP contribution in [0.4, 0.5) is 0 Å². The molecule has 1 heterocycles. The highest BCUT2D eigenvalue weighted by Crippen LogP contribution is 2.23. The lowest BCUT2D eigenvalue weighted by atomic mass is 10.1. The quantitative estimate of drug-likeness (QED) is 0.810. The molecule has 0 radical (unpaired) electrons. The van der Waals surface area contributed by atoms with Crippen LogP contribution in [0.25, 0.3) is 11.0 Å². The van der Waals surface area contributed by atoms with Crippen LogP contribution in [-0.4, -0.2) is 41.6 Å². The number of hydrogen-bond donors (Lipinski definition) is 2. The Morgan fingerprint density at radius 2 is 1.68 bits per heavy atom. The van der Waals surface area contributed by atoms with Crippen molar-refractivity contribution < 1.29 is 10.2 Å². The van der Waals surface area contributed by atoms with Gasteiger partial charge in [0.25, 0.3) is 0 Å². The van der Waals surface area contributed by atoms with Crippen LogP contribution < -0.4 is 0 Å². The summed E-state index contributed by atoms with van der Waals surface area (Å²) in [6, 6.07) is 7.57. The molecule has 0 unspecified atom stereocenters. The number of fused-ring (bicyclic) bond motifs is 1. The van der Waals surface area contributed by atoms with Crippen molar-refractivity contribution in [3.05, 3.63) is 24.3 Å². The molecule has 0 spiro atoms. The second-order valence-corrected chi connectivity index (χ2v) is 5.64. The number of para-hydroxylation sites is 1. The molecule has 6 nitrogen and oxygen atoms in total. The van der Waals surface area contributed by atoms with Crippen molar-refractivity contribution in [2.24, 2.45) is 0 Å². The molecule has 0 atom stereocenters. The minimum absolute atomic E-state index is 0.244. The van der Waals surface area contributed by atoms with Crippen LogP contribution in [0.5, 0.6) is 0 Å². The molecule has 104 valence electrons. The number of hydrogen-bond acceptors (Lipinski definition) is 5. The molecule has 0 aliphatic heterocycles. The predicted octanol–water partition coefficient (Wildman–Crippen LogP) is 1.15. The van der Waals surface area contributed by atoms with Gasteiger partial charge in [-0.15, -0.1) is 5.10 Å². The maximum Gasteiger partial charge on any atom is 0.116 e. The number of rotatable bonds is 4. The first-order chi connectivity index (χ1) is 8.69. The molecule has 1 aromatic heterocycles. The van der Waals surface area contributed by atoms with Crippen molar-refractivity contribution in [2.45, 2.75) is 45.8 Å². The third kappa shape index (κ3) is 2.91. The molecule has 0 fully saturated rings. The van der Waals surface area contributed by atoms with Gasteiger partial charge in [0, 0.05) is 0 Å². The highest BCUT2D eigenvalue weighted by atomic mass is 16.3. The molecule has 0 amide bonds. The van der Waals surface area contributed by atoms with E-state index in [0.29, 0.717) is 0 Å². The normalized spacial score (nSPS) is 13.4. The summed E-state index contributed by atoms with van der Waals surface area (Å²) < 4.78 is 1.66. The van der Waals surface area contributed by atoms with E-state index in [9.17, 15) is 10.2 Å². The highest BCUT2D eigenvalue weighted by molar-refractivity contribution is 5.73. The van der Waals surface area contributed by atoms with E-state index in [1.54, 1.807) is 37.3 Å². The molecule has 0 saturated carbocycles. The molecule has 0 aliphatic carbocycles. The fourth-order valence-corrected chi connectivity index (χ4v) is 2.17. The van der Waals surface area contributed by atoms with E-state index < -0.39 is 11.4 Å². The summed E-state index contributed by atoms with van der Waals surface area (Å²) >= 11 is 0. The summed E-state index contributed by atoms with van der Waals surface area (Å²) in [7, 11) is 0. The van der Waals surface area contributed by atoms with E-state index in [1.165, 1.54) is 0 Å². The van der Waals surface area contributed by atoms with Crippen LogP contribution in [0.15, 0.2) is 24.3 Å². The maximum atomic E-state index is 10.2. The van der Waals surface area contributed by atoms with Gasteiger partial charge < -0.3 is 10.2 Å². The van der Waals surface area contributed by atoms with Crippen LogP contribution in [0.3, 0.4) is 0 Å². The smallest absolute Gasteiger partial charge is 0.116 e. The highest BCUT2D eigenvalue weighted by Gasteiger charge is 2.35. The first-order valence-electron chi connectivity index (χ1n) is 6.20. The SMILES string of the molecule is CC(C)(O)N(Cn1nnc2ccccc21)C(C)(C)O. The first-order valence-corrected chi connectivity index (χ1v) is 6.20. The molecule has 0 bridgehead atoms. The van der Waals surface area contributed by atoms with Gasteiger partial charge >= 0.3 is 0 Å². The van der Waals surface area contributed by atoms with Crippen LogP contribution in [-0.2, 0) is 6.67 Å². The Labute approximate surface area is 112 Å². The number of aromatic nitrogens is 3. The van der Waals surface area contributed by atoms with Gasteiger partial charge in [0.1, 0.15) is 23.6 Å². The van der Waals surface area contributed by atoms with Gasteiger partial charge in [-0.1, -0.05) is 17.3 Å². The predicted molar refractivity (Wildman–Crippen MR) is 72.0 cm³/mol. The monoisotopic (exact) mass is 264 g/mol. The van der Waals surface area contributed by atoms with E-state index in [0.717, 1.165) is 11.0 Å². The van der Waals surface area contributed by atoms with Gasteiger partial charge in [-0.05, 0) is 39.8 Å². The standard InChI is InChI=1S/C13H20N4O2/c1-12(2,18)17(13(3,4)19)9-16-11-8-6-5-7-10(11)14-15-16/h5-8,18-19H,9H2,1-4H3. The Morgan fingerprint density at radius 1 is 1.11 bits per heavy atom. The van der Waals surface area contributed by atoms with Gasteiger partial charge in [-0.3, -0.25) is 0 Å². The van der Waals surface area contributed by atoms with Crippen LogP contribution >= 0.6 is 0 Å². The Hall–Kier alpha value is -1.50. The number of aliphatic hydroxyl groups is 2. The van der Waals surface area contributed by atoms with Crippen LogP contribution in [0.2, 0.25) is 0 Å². The topological polar surface area (TPSA) is 74.4 Å². The zero-order chi connectivity index (χ0) is 14.3. The Balaban J connectivity index is 2.37. The summed E-state index contributed by atoms with van der Waals surface area (Å²) in [5.41, 5.74) is -0.702. The summed E-state index contributed by atoms with van der Waals surface area (Å²) in [4.78, 5) is 1.54. The molecule has 6 heteroatoms. The van der Waals surface area contributed by atoms with E-state index in [4.69, 9.17) is 0 Å². The Morgan fingerprint density at radius 3 is 2.26 bits per heavy atom. The summed E-state index contributed by atoms with van der Waals surface area (Å²) in [6.07, 6.45) is 0. The Bertz CT molecular complexity index is 552. The van der Waals surface area contributed by atoms with Crippen LogP contribution in [0, 0.1) is 0 Å². The van der Waals surface area contributed by atoms with Crippen molar-refractivity contribution in [1.29, 1.82) is 0 Å². The van der Waals surface area contributed by atoms with Gasteiger partial charge in [0.05, 0.1) is 5.52 Å². The lowest BCUT2D eigenvalue weighted by Crippen LogP contribution is -2.56. The lowest BCUT2D eigenvalue weighted by molar-refractivity contribution is -0.214. The van der Waals surface area contributed by atoms with Gasteiger partial charge in [0.15, 0.2) is 0 Å². The molecule has 0 saturated heterocycles. The van der Waals surface area contributed by atoms with Gasteiger partial charge in [-0.25, -0.2) is 9.58 Å². The largest absolute Gasteiger partial charge is 0.376 e. The zero-order valence-corrected chi connectivity index (χ0v) is 11.7. The fraction of sp³-hybridized carbons (Fsp3) is 0.538. The molecular formula is C13H20N4O2. The van der Waals surface area contributed by atoms with Gasteiger partial charge in [-0.2, -0.15) is 0 Å². The molecule has 2 rings (SSSR count). The first kappa shape index (κ1) is 13.9. The van der Waals surface area contributed by atoms with Gasteiger partial charge in [0.2, 0.25) is 0 Å². The molecule has 2 N–H and O–H groups in total. The minimum Gasteiger partial charge on any atom is -0.376 e.